The molecule has 0 radical (unpaired) electrons. The van der Waals surface area contributed by atoms with Crippen LogP contribution in [-0.4, -0.2) is 30.2 Å². The van der Waals surface area contributed by atoms with Crippen LogP contribution >= 0.6 is 0 Å². The molecule has 104 valence electrons. The third-order valence-electron chi connectivity index (χ3n) is 3.28. The highest BCUT2D eigenvalue weighted by Crippen LogP contribution is 2.35. The molecule has 0 spiro atoms. The van der Waals surface area contributed by atoms with Gasteiger partial charge < -0.3 is 15.0 Å². The maximum absolute atomic E-state index is 5.79. The predicted molar refractivity (Wildman–Crippen MR) is 79.9 cm³/mol. The Bertz CT molecular complexity index is 615. The van der Waals surface area contributed by atoms with Crippen molar-refractivity contribution in [2.75, 3.05) is 30.4 Å². The molecule has 3 rings (SSSR count). The molecular formula is C15H18N4O. The number of aromatic nitrogens is 2. The van der Waals surface area contributed by atoms with Crippen LogP contribution in [0.25, 0.3) is 0 Å². The second-order valence-electron chi connectivity index (χ2n) is 4.76. The Kier molecular flexibility index (Phi) is 3.41. The molecule has 1 N–H and O–H groups in total. The van der Waals surface area contributed by atoms with Gasteiger partial charge in [0.1, 0.15) is 11.6 Å². The first-order chi connectivity index (χ1) is 9.78. The van der Waals surface area contributed by atoms with E-state index in [1.54, 1.807) is 0 Å². The molecule has 0 amide bonds. The summed E-state index contributed by atoms with van der Waals surface area (Å²) in [4.78, 5) is 11.1. The summed E-state index contributed by atoms with van der Waals surface area (Å²) in [6.45, 7) is 3.60. The molecule has 1 aromatic heterocycles. The van der Waals surface area contributed by atoms with Gasteiger partial charge in [0.25, 0.3) is 0 Å². The number of benzene rings is 1. The SMILES string of the molecule is CNc1nc(C)cc(N2CCCOc3ccccc32)n1. The molecule has 1 aliphatic rings. The third kappa shape index (κ3) is 2.39. The first-order valence-corrected chi connectivity index (χ1v) is 6.81. The molecular weight excluding hydrogens is 252 g/mol. The summed E-state index contributed by atoms with van der Waals surface area (Å²) < 4.78 is 5.79. The molecule has 1 aliphatic heterocycles. The number of hydrogen-bond donors (Lipinski definition) is 1. The molecule has 1 aromatic carbocycles. The summed E-state index contributed by atoms with van der Waals surface area (Å²) in [6, 6.07) is 10.1. The highest BCUT2D eigenvalue weighted by Gasteiger charge is 2.19. The highest BCUT2D eigenvalue weighted by molar-refractivity contribution is 5.68. The minimum atomic E-state index is 0.641. The molecule has 0 aliphatic carbocycles. The van der Waals surface area contributed by atoms with E-state index in [1.165, 1.54) is 0 Å². The van der Waals surface area contributed by atoms with Crippen molar-refractivity contribution in [1.29, 1.82) is 0 Å². The Balaban J connectivity index is 2.07. The second kappa shape index (κ2) is 5.36. The summed E-state index contributed by atoms with van der Waals surface area (Å²) in [7, 11) is 1.83. The largest absolute Gasteiger partial charge is 0.491 e. The molecule has 2 heterocycles. The van der Waals surface area contributed by atoms with E-state index in [2.05, 4.69) is 26.3 Å². The summed E-state index contributed by atoms with van der Waals surface area (Å²) >= 11 is 0. The summed E-state index contributed by atoms with van der Waals surface area (Å²) in [5, 5.41) is 3.01. The van der Waals surface area contributed by atoms with Gasteiger partial charge in [0.2, 0.25) is 5.95 Å². The van der Waals surface area contributed by atoms with Crippen LogP contribution in [0.3, 0.4) is 0 Å². The Labute approximate surface area is 118 Å². The molecule has 5 heteroatoms. The Hall–Kier alpha value is -2.30. The fourth-order valence-electron chi connectivity index (χ4n) is 2.37. The van der Waals surface area contributed by atoms with E-state index < -0.39 is 0 Å². The zero-order valence-corrected chi connectivity index (χ0v) is 11.8. The normalized spacial score (nSPS) is 14.2. The zero-order valence-electron chi connectivity index (χ0n) is 11.8. The van der Waals surface area contributed by atoms with E-state index in [9.17, 15) is 0 Å². The zero-order chi connectivity index (χ0) is 13.9. The minimum absolute atomic E-state index is 0.641. The predicted octanol–water partition coefficient (Wildman–Crippen LogP) is 2.75. The van der Waals surface area contributed by atoms with Crippen molar-refractivity contribution in [1.82, 2.24) is 9.97 Å². The van der Waals surface area contributed by atoms with Gasteiger partial charge in [0.05, 0.1) is 12.3 Å². The fourth-order valence-corrected chi connectivity index (χ4v) is 2.37. The highest BCUT2D eigenvalue weighted by atomic mass is 16.5. The van der Waals surface area contributed by atoms with Gasteiger partial charge in [0.15, 0.2) is 0 Å². The molecule has 2 aromatic rings. The summed E-state index contributed by atoms with van der Waals surface area (Å²) in [5.41, 5.74) is 2.01. The van der Waals surface area contributed by atoms with Crippen LogP contribution in [0.5, 0.6) is 5.75 Å². The molecule has 0 saturated heterocycles. The quantitative estimate of drug-likeness (QED) is 0.909. The van der Waals surface area contributed by atoms with Gasteiger partial charge in [-0.2, -0.15) is 4.98 Å². The van der Waals surface area contributed by atoms with Gasteiger partial charge in [-0.05, 0) is 25.5 Å². The van der Waals surface area contributed by atoms with Gasteiger partial charge in [-0.25, -0.2) is 4.98 Å². The van der Waals surface area contributed by atoms with Crippen molar-refractivity contribution in [3.8, 4) is 5.75 Å². The van der Waals surface area contributed by atoms with Crippen molar-refractivity contribution < 1.29 is 4.74 Å². The monoisotopic (exact) mass is 270 g/mol. The number of ether oxygens (including phenoxy) is 1. The number of fused-ring (bicyclic) bond motifs is 1. The number of para-hydroxylation sites is 2. The number of aryl methyl sites for hydroxylation is 1. The van der Waals surface area contributed by atoms with Crippen molar-refractivity contribution in [2.24, 2.45) is 0 Å². The summed E-state index contributed by atoms with van der Waals surface area (Å²) in [6.07, 6.45) is 0.965. The molecule has 0 saturated carbocycles. The van der Waals surface area contributed by atoms with Gasteiger partial charge >= 0.3 is 0 Å². The molecule has 0 unspecified atom stereocenters. The van der Waals surface area contributed by atoms with E-state index >= 15 is 0 Å². The van der Waals surface area contributed by atoms with Gasteiger partial charge in [-0.1, -0.05) is 12.1 Å². The van der Waals surface area contributed by atoms with E-state index in [-0.39, 0.29) is 0 Å². The van der Waals surface area contributed by atoms with Crippen LogP contribution in [0, 0.1) is 6.92 Å². The lowest BCUT2D eigenvalue weighted by Crippen LogP contribution is -2.19. The maximum atomic E-state index is 5.79. The lowest BCUT2D eigenvalue weighted by molar-refractivity contribution is 0.322. The number of rotatable bonds is 2. The first-order valence-electron chi connectivity index (χ1n) is 6.81. The molecule has 0 atom stereocenters. The molecule has 0 fully saturated rings. The average molecular weight is 270 g/mol. The Morgan fingerprint density at radius 1 is 1.25 bits per heavy atom. The molecule has 5 nitrogen and oxygen atoms in total. The van der Waals surface area contributed by atoms with Crippen LogP contribution < -0.4 is 15.0 Å². The Morgan fingerprint density at radius 3 is 2.95 bits per heavy atom. The van der Waals surface area contributed by atoms with Gasteiger partial charge in [-0.15, -0.1) is 0 Å². The maximum Gasteiger partial charge on any atom is 0.224 e. The number of nitrogens with zero attached hydrogens (tertiary/aromatic N) is 3. The van der Waals surface area contributed by atoms with Crippen molar-refractivity contribution in [3.63, 3.8) is 0 Å². The van der Waals surface area contributed by atoms with Crippen molar-refractivity contribution in [3.05, 3.63) is 36.0 Å². The fraction of sp³-hybridized carbons (Fsp3) is 0.333. The third-order valence-corrected chi connectivity index (χ3v) is 3.28. The van der Waals surface area contributed by atoms with E-state index in [0.29, 0.717) is 5.95 Å². The number of anilines is 3. The van der Waals surface area contributed by atoms with Gasteiger partial charge in [-0.3, -0.25) is 0 Å². The van der Waals surface area contributed by atoms with Crippen LogP contribution in [0.1, 0.15) is 12.1 Å². The molecule has 0 bridgehead atoms. The first kappa shape index (κ1) is 12.7. The van der Waals surface area contributed by atoms with Crippen molar-refractivity contribution >= 4 is 17.5 Å². The standard InChI is InChI=1S/C15H18N4O/c1-11-10-14(18-15(16-2)17-11)19-8-5-9-20-13-7-4-3-6-12(13)19/h3-4,6-7,10H,5,8-9H2,1-2H3,(H,16,17,18). The van der Waals surface area contributed by atoms with Crippen molar-refractivity contribution in [2.45, 2.75) is 13.3 Å². The second-order valence-corrected chi connectivity index (χ2v) is 4.76. The van der Waals surface area contributed by atoms with Crippen LogP contribution in [0.4, 0.5) is 17.5 Å². The minimum Gasteiger partial charge on any atom is -0.491 e. The average Bonchev–Trinajstić information content (AvgIpc) is 2.69. The lowest BCUT2D eigenvalue weighted by Gasteiger charge is -2.23. The van der Waals surface area contributed by atoms with Crippen LogP contribution in [0.15, 0.2) is 30.3 Å². The Morgan fingerprint density at radius 2 is 2.10 bits per heavy atom. The smallest absolute Gasteiger partial charge is 0.224 e. The van der Waals surface area contributed by atoms with E-state index in [4.69, 9.17) is 4.74 Å². The number of hydrogen-bond acceptors (Lipinski definition) is 5. The van der Waals surface area contributed by atoms with Gasteiger partial charge in [0, 0.05) is 25.4 Å². The van der Waals surface area contributed by atoms with E-state index in [1.807, 2.05) is 38.2 Å². The summed E-state index contributed by atoms with van der Waals surface area (Å²) in [5.74, 6) is 2.45. The van der Waals surface area contributed by atoms with Crippen LogP contribution in [0.2, 0.25) is 0 Å². The van der Waals surface area contributed by atoms with Crippen LogP contribution in [-0.2, 0) is 0 Å². The number of nitrogens with one attached hydrogen (secondary N) is 1. The lowest BCUT2D eigenvalue weighted by atomic mass is 10.2. The van der Waals surface area contributed by atoms with E-state index in [0.717, 1.165) is 42.5 Å². The topological polar surface area (TPSA) is 50.3 Å². The molecule has 20 heavy (non-hydrogen) atoms.